The lowest BCUT2D eigenvalue weighted by atomic mass is 9.89. The van der Waals surface area contributed by atoms with E-state index in [2.05, 4.69) is 5.32 Å². The van der Waals surface area contributed by atoms with Crippen LogP contribution >= 0.6 is 0 Å². The molecule has 0 unspecified atom stereocenters. The highest BCUT2D eigenvalue weighted by atomic mass is 16.7. The van der Waals surface area contributed by atoms with Crippen LogP contribution < -0.4 is 10.1 Å². The summed E-state index contributed by atoms with van der Waals surface area (Å²) in [5.41, 5.74) is 0.624. The summed E-state index contributed by atoms with van der Waals surface area (Å²) in [6.45, 7) is 7.85. The van der Waals surface area contributed by atoms with E-state index in [1.807, 2.05) is 13.8 Å². The Hall–Kier alpha value is -2.61. The molecule has 0 aliphatic carbocycles. The summed E-state index contributed by atoms with van der Waals surface area (Å²) in [4.78, 5) is 34.4. The standard InChI is InChI=1S/C20H27NO7/c1-6-17-11(2)18(25-13(4)23)19(26-14(5)24)20(28-17)27-16-9-7-15(8-10-16)21-12(3)22/h7-11,17-20H,6H2,1-5H3,(H,21,22)/t11-,17-,18+,19+,20+/m1/s1. The van der Waals surface area contributed by atoms with E-state index in [0.29, 0.717) is 17.9 Å². The van der Waals surface area contributed by atoms with Crippen LogP contribution in [0.15, 0.2) is 24.3 Å². The van der Waals surface area contributed by atoms with Crippen LogP contribution in [0.3, 0.4) is 0 Å². The fourth-order valence-electron chi connectivity index (χ4n) is 3.24. The summed E-state index contributed by atoms with van der Waals surface area (Å²) < 4.78 is 22.8. The molecule has 1 N–H and O–H groups in total. The molecule has 0 radical (unpaired) electrons. The number of carbonyl (C=O) groups is 3. The van der Waals surface area contributed by atoms with Gasteiger partial charge >= 0.3 is 11.9 Å². The van der Waals surface area contributed by atoms with Crippen molar-refractivity contribution in [2.45, 2.75) is 65.6 Å². The first kappa shape index (κ1) is 21.7. The fraction of sp³-hybridized carbons (Fsp3) is 0.550. The third-order valence-electron chi connectivity index (χ3n) is 4.44. The van der Waals surface area contributed by atoms with Crippen LogP contribution in [0.25, 0.3) is 0 Å². The first-order valence-corrected chi connectivity index (χ1v) is 9.25. The van der Waals surface area contributed by atoms with E-state index in [9.17, 15) is 14.4 Å². The Bertz CT molecular complexity index is 703. The number of benzene rings is 1. The summed E-state index contributed by atoms with van der Waals surface area (Å²) in [6, 6.07) is 6.70. The number of rotatable bonds is 6. The summed E-state index contributed by atoms with van der Waals surface area (Å²) in [5.74, 6) is -0.891. The molecule has 1 heterocycles. The van der Waals surface area contributed by atoms with Crippen molar-refractivity contribution in [3.63, 3.8) is 0 Å². The van der Waals surface area contributed by atoms with E-state index in [1.54, 1.807) is 24.3 Å². The van der Waals surface area contributed by atoms with Crippen molar-refractivity contribution in [1.82, 2.24) is 0 Å². The van der Waals surface area contributed by atoms with Gasteiger partial charge in [-0.1, -0.05) is 13.8 Å². The maximum atomic E-state index is 11.6. The minimum absolute atomic E-state index is 0.178. The lowest BCUT2D eigenvalue weighted by Crippen LogP contribution is -2.58. The van der Waals surface area contributed by atoms with Crippen molar-refractivity contribution in [3.8, 4) is 5.75 Å². The molecule has 2 rings (SSSR count). The normalized spacial score (nSPS) is 26.8. The van der Waals surface area contributed by atoms with Gasteiger partial charge in [-0.3, -0.25) is 14.4 Å². The summed E-state index contributed by atoms with van der Waals surface area (Å²) in [6.07, 6.45) is -2.11. The maximum Gasteiger partial charge on any atom is 0.303 e. The zero-order valence-corrected chi connectivity index (χ0v) is 16.8. The summed E-state index contributed by atoms with van der Waals surface area (Å²) >= 11 is 0. The van der Waals surface area contributed by atoms with Gasteiger partial charge in [0.05, 0.1) is 6.10 Å². The Kier molecular flexibility index (Phi) is 7.39. The minimum Gasteiger partial charge on any atom is -0.461 e. The molecule has 8 nitrogen and oxygen atoms in total. The molecule has 5 atom stereocenters. The Morgan fingerprint density at radius 2 is 1.57 bits per heavy atom. The molecular weight excluding hydrogens is 366 g/mol. The van der Waals surface area contributed by atoms with Gasteiger partial charge in [0.1, 0.15) is 11.9 Å². The Balaban J connectivity index is 2.25. The molecule has 154 valence electrons. The highest BCUT2D eigenvalue weighted by Gasteiger charge is 2.48. The third kappa shape index (κ3) is 5.69. The van der Waals surface area contributed by atoms with Crippen LogP contribution in [0.4, 0.5) is 5.69 Å². The van der Waals surface area contributed by atoms with Crippen LogP contribution in [0.5, 0.6) is 5.75 Å². The number of hydrogen-bond acceptors (Lipinski definition) is 7. The monoisotopic (exact) mass is 393 g/mol. The first-order valence-electron chi connectivity index (χ1n) is 9.25. The third-order valence-corrected chi connectivity index (χ3v) is 4.44. The largest absolute Gasteiger partial charge is 0.461 e. The molecule has 1 aliphatic rings. The first-order chi connectivity index (χ1) is 13.2. The highest BCUT2D eigenvalue weighted by Crippen LogP contribution is 2.33. The van der Waals surface area contributed by atoms with Gasteiger partial charge < -0.3 is 24.3 Å². The highest BCUT2D eigenvalue weighted by molar-refractivity contribution is 5.88. The van der Waals surface area contributed by atoms with E-state index in [0.717, 1.165) is 0 Å². The van der Waals surface area contributed by atoms with Gasteiger partial charge in [0.2, 0.25) is 18.3 Å². The van der Waals surface area contributed by atoms with E-state index < -0.39 is 30.4 Å². The van der Waals surface area contributed by atoms with Crippen LogP contribution in [0.1, 0.15) is 41.0 Å². The second-order valence-electron chi connectivity index (χ2n) is 6.78. The van der Waals surface area contributed by atoms with Crippen LogP contribution in [0.2, 0.25) is 0 Å². The van der Waals surface area contributed by atoms with Crippen LogP contribution in [0, 0.1) is 5.92 Å². The van der Waals surface area contributed by atoms with Gasteiger partial charge in [-0.25, -0.2) is 0 Å². The van der Waals surface area contributed by atoms with E-state index >= 15 is 0 Å². The molecule has 1 fully saturated rings. The van der Waals surface area contributed by atoms with Crippen molar-refractivity contribution < 1.29 is 33.3 Å². The molecule has 1 amide bonds. The number of amides is 1. The predicted molar refractivity (Wildman–Crippen MR) is 101 cm³/mol. The molecule has 8 heteroatoms. The predicted octanol–water partition coefficient (Wildman–Crippen LogP) is 2.66. The second-order valence-corrected chi connectivity index (χ2v) is 6.78. The van der Waals surface area contributed by atoms with Gasteiger partial charge in [0.15, 0.2) is 0 Å². The molecule has 1 saturated heterocycles. The molecule has 1 aliphatic heterocycles. The number of nitrogens with one attached hydrogen (secondary N) is 1. The molecule has 1 aromatic carbocycles. The van der Waals surface area contributed by atoms with Gasteiger partial charge in [0, 0.05) is 32.4 Å². The topological polar surface area (TPSA) is 100 Å². The molecular formula is C20H27NO7. The molecule has 28 heavy (non-hydrogen) atoms. The summed E-state index contributed by atoms with van der Waals surface area (Å²) in [5, 5.41) is 2.67. The van der Waals surface area contributed by atoms with Gasteiger partial charge in [-0.2, -0.15) is 0 Å². The number of ether oxygens (including phenoxy) is 4. The lowest BCUT2D eigenvalue weighted by Gasteiger charge is -2.43. The number of anilines is 1. The zero-order chi connectivity index (χ0) is 20.8. The van der Waals surface area contributed by atoms with Crippen molar-refractivity contribution in [1.29, 1.82) is 0 Å². The molecule has 0 aromatic heterocycles. The molecule has 0 saturated carbocycles. The Labute approximate surface area is 164 Å². The van der Waals surface area contributed by atoms with Crippen LogP contribution in [-0.4, -0.2) is 42.4 Å². The lowest BCUT2D eigenvalue weighted by molar-refractivity contribution is -0.266. The number of esters is 2. The van der Waals surface area contributed by atoms with Gasteiger partial charge in [-0.15, -0.1) is 0 Å². The molecule has 1 aromatic rings. The molecule has 0 bridgehead atoms. The van der Waals surface area contributed by atoms with Crippen molar-refractivity contribution in [2.75, 3.05) is 5.32 Å². The van der Waals surface area contributed by atoms with Crippen molar-refractivity contribution in [2.24, 2.45) is 5.92 Å². The van der Waals surface area contributed by atoms with Gasteiger partial charge in [0.25, 0.3) is 0 Å². The second kappa shape index (κ2) is 9.54. The average Bonchev–Trinajstić information content (AvgIpc) is 2.60. The number of carbonyl (C=O) groups excluding carboxylic acids is 3. The average molecular weight is 393 g/mol. The fourth-order valence-corrected chi connectivity index (χ4v) is 3.24. The van der Waals surface area contributed by atoms with E-state index in [1.165, 1.54) is 20.8 Å². The minimum atomic E-state index is -0.944. The Morgan fingerprint density at radius 1 is 1.00 bits per heavy atom. The van der Waals surface area contributed by atoms with Gasteiger partial charge in [-0.05, 0) is 30.7 Å². The quantitative estimate of drug-likeness (QED) is 0.742. The van der Waals surface area contributed by atoms with Crippen molar-refractivity contribution >= 4 is 23.5 Å². The van der Waals surface area contributed by atoms with Crippen LogP contribution in [-0.2, 0) is 28.6 Å². The maximum absolute atomic E-state index is 11.6. The summed E-state index contributed by atoms with van der Waals surface area (Å²) in [7, 11) is 0. The number of hydrogen-bond donors (Lipinski definition) is 1. The van der Waals surface area contributed by atoms with E-state index in [4.69, 9.17) is 18.9 Å². The SMILES string of the molecule is CC[C@H]1O[C@H](Oc2ccc(NC(C)=O)cc2)[C@@H](OC(C)=O)[C@@H](OC(C)=O)[C@@H]1C. The zero-order valence-electron chi connectivity index (χ0n) is 16.8. The molecule has 0 spiro atoms. The van der Waals surface area contributed by atoms with Crippen molar-refractivity contribution in [3.05, 3.63) is 24.3 Å². The van der Waals surface area contributed by atoms with E-state index in [-0.39, 0.29) is 17.9 Å². The smallest absolute Gasteiger partial charge is 0.303 e. The Morgan fingerprint density at radius 3 is 2.07 bits per heavy atom.